The molecule has 0 radical (unpaired) electrons. The molecule has 0 nitrogen and oxygen atoms in total. The van der Waals surface area contributed by atoms with E-state index < -0.39 is 0 Å². The first-order valence-corrected chi connectivity index (χ1v) is 4.07. The van der Waals surface area contributed by atoms with Crippen molar-refractivity contribution in [1.29, 1.82) is 0 Å². The third-order valence-electron chi connectivity index (χ3n) is 1.88. The number of rotatable bonds is 1. The average Bonchev–Trinajstić information content (AvgIpc) is 2.21. The molecule has 2 rings (SSSR count). The van der Waals surface area contributed by atoms with Crippen molar-refractivity contribution in [2.75, 3.05) is 0 Å². The van der Waals surface area contributed by atoms with Crippen LogP contribution in [-0.2, 0) is 0 Å². The van der Waals surface area contributed by atoms with Crippen molar-refractivity contribution < 1.29 is 93.0 Å². The second-order valence-corrected chi connectivity index (χ2v) is 2.73. The molecule has 0 atom stereocenters. The Morgan fingerprint density at radius 2 is 0.733 bits per heavy atom. The van der Waals surface area contributed by atoms with Crippen LogP contribution in [0, 0.1) is 0 Å². The predicted octanol–water partition coefficient (Wildman–Crippen LogP) is -5.30. The minimum absolute atomic E-state index is 0. The molecule has 0 heterocycles. The first-order chi connectivity index (χ1) is 5.97. The van der Waals surface area contributed by atoms with E-state index in [4.69, 9.17) is 0 Å². The van der Waals surface area contributed by atoms with Crippen LogP contribution in [0.5, 0.6) is 0 Å². The van der Waals surface area contributed by atoms with Gasteiger partial charge in [0, 0.05) is 0 Å². The van der Waals surface area contributed by atoms with Crippen molar-refractivity contribution in [2.24, 2.45) is 0 Å². The standard InChI is InChI=1S/C12H10.3Na.3H/c1-3-7-11(8-4-1)12-9-5-2-6-10-12;;;;;;/h1-10H;;;;;;/q;3*+1;3*-1. The van der Waals surface area contributed by atoms with Gasteiger partial charge in [-0.05, 0) is 11.1 Å². The number of hydrogen-bond donors (Lipinski definition) is 0. The Balaban J connectivity index is -0.0000000939. The molecule has 0 aliphatic rings. The summed E-state index contributed by atoms with van der Waals surface area (Å²) in [7, 11) is 0. The minimum atomic E-state index is 0. The van der Waals surface area contributed by atoms with Gasteiger partial charge >= 0.3 is 88.7 Å². The van der Waals surface area contributed by atoms with E-state index in [1.54, 1.807) is 0 Å². The van der Waals surface area contributed by atoms with E-state index in [9.17, 15) is 0 Å². The quantitative estimate of drug-likeness (QED) is 0.426. The van der Waals surface area contributed by atoms with Gasteiger partial charge in [-0.15, -0.1) is 0 Å². The summed E-state index contributed by atoms with van der Waals surface area (Å²) in [6.45, 7) is 0. The van der Waals surface area contributed by atoms with Crippen LogP contribution in [0.1, 0.15) is 4.28 Å². The van der Waals surface area contributed by atoms with Crippen LogP contribution in [0.2, 0.25) is 0 Å². The summed E-state index contributed by atoms with van der Waals surface area (Å²) in [5, 5.41) is 0. The van der Waals surface area contributed by atoms with Crippen LogP contribution in [-0.4, -0.2) is 0 Å². The molecule has 0 bridgehead atoms. The molecule has 0 saturated carbocycles. The topological polar surface area (TPSA) is 0 Å². The second-order valence-electron chi connectivity index (χ2n) is 2.73. The van der Waals surface area contributed by atoms with Gasteiger partial charge < -0.3 is 4.28 Å². The maximum absolute atomic E-state index is 2.12. The molecule has 2 aromatic carbocycles. The fourth-order valence-corrected chi connectivity index (χ4v) is 1.26. The first-order valence-electron chi connectivity index (χ1n) is 4.07. The summed E-state index contributed by atoms with van der Waals surface area (Å²) in [4.78, 5) is 0. The third kappa shape index (κ3) is 6.07. The van der Waals surface area contributed by atoms with Crippen LogP contribution >= 0.6 is 0 Å². The summed E-state index contributed by atoms with van der Waals surface area (Å²) in [6.07, 6.45) is 0. The van der Waals surface area contributed by atoms with E-state index in [0.717, 1.165) is 0 Å². The number of hydrogen-bond acceptors (Lipinski definition) is 0. The zero-order valence-electron chi connectivity index (χ0n) is 12.8. The van der Waals surface area contributed by atoms with Gasteiger partial charge in [0.05, 0.1) is 0 Å². The second kappa shape index (κ2) is 10.6. The molecule has 0 aromatic heterocycles. The molecule has 0 unspecified atom stereocenters. The van der Waals surface area contributed by atoms with E-state index in [1.807, 2.05) is 12.1 Å². The van der Waals surface area contributed by atoms with Crippen LogP contribution in [0.3, 0.4) is 0 Å². The van der Waals surface area contributed by atoms with Gasteiger partial charge in [0.15, 0.2) is 0 Å². The normalized spacial score (nSPS) is 7.73. The van der Waals surface area contributed by atoms with Gasteiger partial charge in [0.1, 0.15) is 0 Å². The summed E-state index contributed by atoms with van der Waals surface area (Å²) in [5.74, 6) is 0. The monoisotopic (exact) mass is 226 g/mol. The Morgan fingerprint density at radius 3 is 1.00 bits per heavy atom. The smallest absolute Gasteiger partial charge is 1.00 e. The van der Waals surface area contributed by atoms with Crippen molar-refractivity contribution in [2.45, 2.75) is 0 Å². The summed E-state index contributed by atoms with van der Waals surface area (Å²) in [5.41, 5.74) is 2.55. The van der Waals surface area contributed by atoms with Crippen molar-refractivity contribution >= 4 is 0 Å². The van der Waals surface area contributed by atoms with Gasteiger partial charge in [-0.25, -0.2) is 0 Å². The van der Waals surface area contributed by atoms with E-state index >= 15 is 0 Å². The molecule has 0 aliphatic carbocycles. The molecule has 3 heteroatoms. The zero-order chi connectivity index (χ0) is 8.23. The fraction of sp³-hybridized carbons (Fsp3) is 0. The van der Waals surface area contributed by atoms with Gasteiger partial charge in [-0.1, -0.05) is 60.7 Å². The molecule has 0 amide bonds. The Bertz CT molecular complexity index is 320. The number of benzene rings is 2. The van der Waals surface area contributed by atoms with E-state index in [2.05, 4.69) is 48.5 Å². The molecule has 0 N–H and O–H groups in total. The van der Waals surface area contributed by atoms with E-state index in [0.29, 0.717) is 0 Å². The van der Waals surface area contributed by atoms with E-state index in [-0.39, 0.29) is 93.0 Å². The van der Waals surface area contributed by atoms with Gasteiger partial charge in [-0.2, -0.15) is 0 Å². The average molecular weight is 226 g/mol. The Labute approximate surface area is 162 Å². The van der Waals surface area contributed by atoms with Crippen LogP contribution in [0.4, 0.5) is 0 Å². The van der Waals surface area contributed by atoms with Crippen molar-refractivity contribution in [3.63, 3.8) is 0 Å². The van der Waals surface area contributed by atoms with Crippen molar-refractivity contribution in [3.8, 4) is 11.1 Å². The summed E-state index contributed by atoms with van der Waals surface area (Å²) < 4.78 is 0. The van der Waals surface area contributed by atoms with Crippen molar-refractivity contribution in [1.82, 2.24) is 0 Å². The van der Waals surface area contributed by atoms with Gasteiger partial charge in [-0.3, -0.25) is 0 Å². The summed E-state index contributed by atoms with van der Waals surface area (Å²) in [6, 6.07) is 20.8. The summed E-state index contributed by atoms with van der Waals surface area (Å²) >= 11 is 0. The third-order valence-corrected chi connectivity index (χ3v) is 1.88. The van der Waals surface area contributed by atoms with Gasteiger partial charge in [0.25, 0.3) is 0 Å². The molecular weight excluding hydrogens is 213 g/mol. The Kier molecular flexibility index (Phi) is 13.3. The van der Waals surface area contributed by atoms with E-state index in [1.165, 1.54) is 11.1 Å². The molecule has 0 saturated heterocycles. The Hall–Kier alpha value is 1.44. The van der Waals surface area contributed by atoms with Crippen LogP contribution in [0.25, 0.3) is 11.1 Å². The predicted molar refractivity (Wildman–Crippen MR) is 55.2 cm³/mol. The maximum atomic E-state index is 2.12. The zero-order valence-corrected chi connectivity index (χ0v) is 15.8. The molecule has 64 valence electrons. The molecule has 15 heavy (non-hydrogen) atoms. The minimum Gasteiger partial charge on any atom is -1.00 e. The molecule has 0 spiro atoms. The molecule has 0 fully saturated rings. The largest absolute Gasteiger partial charge is 1.00 e. The molecule has 2 aromatic rings. The first kappa shape index (κ1) is 18.8. The fourth-order valence-electron chi connectivity index (χ4n) is 1.26. The van der Waals surface area contributed by atoms with Crippen LogP contribution in [0.15, 0.2) is 60.7 Å². The maximum Gasteiger partial charge on any atom is 1.00 e. The van der Waals surface area contributed by atoms with Gasteiger partial charge in [0.2, 0.25) is 0 Å². The van der Waals surface area contributed by atoms with Crippen LogP contribution < -0.4 is 88.7 Å². The molecular formula is C12H13Na3. The SMILES string of the molecule is [H-].[H-].[H-].[Na+].[Na+].[Na+].c1ccc(-c2ccccc2)cc1. The van der Waals surface area contributed by atoms with Crippen molar-refractivity contribution in [3.05, 3.63) is 60.7 Å². The molecule has 0 aliphatic heterocycles. The Morgan fingerprint density at radius 1 is 0.467 bits per heavy atom.